The molecule has 6 heteroatoms. The molecule has 0 radical (unpaired) electrons. The molecule has 2 aromatic rings. The first kappa shape index (κ1) is 21.5. The van der Waals surface area contributed by atoms with Crippen LogP contribution in [0.4, 0.5) is 5.69 Å². The Morgan fingerprint density at radius 1 is 1.15 bits per heavy atom. The molecule has 0 aromatic heterocycles. The Morgan fingerprint density at radius 2 is 1.88 bits per heavy atom. The van der Waals surface area contributed by atoms with Crippen molar-refractivity contribution < 1.29 is 14.3 Å². The number of hydrogen-bond donors (Lipinski definition) is 2. The highest BCUT2D eigenvalue weighted by molar-refractivity contribution is 5.96. The molecule has 0 bridgehead atoms. The number of hydrogen-bond acceptors (Lipinski definition) is 4. The number of nitrogens with two attached hydrogens (primary N) is 1. The van der Waals surface area contributed by atoms with Gasteiger partial charge in [-0.1, -0.05) is 35.9 Å². The van der Waals surface area contributed by atoms with Crippen molar-refractivity contribution in [3.63, 3.8) is 0 Å². The second-order valence-corrected chi connectivity index (χ2v) is 6.20. The van der Waals surface area contributed by atoms with Crippen molar-refractivity contribution in [1.82, 2.24) is 5.32 Å². The molecule has 0 spiro atoms. The maximum absolute atomic E-state index is 12.4. The van der Waals surface area contributed by atoms with Crippen molar-refractivity contribution in [1.29, 1.82) is 0 Å². The van der Waals surface area contributed by atoms with E-state index in [1.165, 1.54) is 7.11 Å². The zero-order chi connectivity index (χ0) is 18.4. The number of methoxy groups -OCH3 is 1. The number of anilines is 1. The monoisotopic (exact) mass is 376 g/mol. The lowest BCUT2D eigenvalue weighted by Gasteiger charge is -2.16. The van der Waals surface area contributed by atoms with Gasteiger partial charge < -0.3 is 15.8 Å². The minimum absolute atomic E-state index is 0. The van der Waals surface area contributed by atoms with Gasteiger partial charge in [0.1, 0.15) is 0 Å². The lowest BCUT2D eigenvalue weighted by molar-refractivity contribution is -0.145. The van der Waals surface area contributed by atoms with Gasteiger partial charge in [-0.05, 0) is 43.5 Å². The third-order valence-electron chi connectivity index (χ3n) is 4.11. The number of halogens is 1. The molecular weight excluding hydrogens is 352 g/mol. The molecule has 0 aliphatic heterocycles. The summed E-state index contributed by atoms with van der Waals surface area (Å²) in [4.78, 5) is 24.5. The summed E-state index contributed by atoms with van der Waals surface area (Å²) >= 11 is 0. The van der Waals surface area contributed by atoms with E-state index in [0.717, 1.165) is 16.7 Å². The van der Waals surface area contributed by atoms with Crippen LogP contribution in [0.5, 0.6) is 0 Å². The standard InChI is InChI=1S/C20H24N2O3.ClH/c1-13-5-4-6-15(9-13)10-16(20(24)25-3)12-22-19(23)18-11-17(21)8-7-14(18)2;/h4-9,11,16H,10,12,21H2,1-3H3,(H,22,23);1H. The quantitative estimate of drug-likeness (QED) is 0.599. The van der Waals surface area contributed by atoms with Crippen molar-refractivity contribution in [2.75, 3.05) is 19.4 Å². The molecule has 0 aliphatic rings. The normalized spacial score (nSPS) is 11.2. The Hall–Kier alpha value is -2.53. The van der Waals surface area contributed by atoms with Gasteiger partial charge in [0, 0.05) is 17.8 Å². The first-order chi connectivity index (χ1) is 11.9. The number of amides is 1. The van der Waals surface area contributed by atoms with Crippen LogP contribution in [0.2, 0.25) is 0 Å². The van der Waals surface area contributed by atoms with Crippen LogP contribution in [0.3, 0.4) is 0 Å². The van der Waals surface area contributed by atoms with Gasteiger partial charge in [-0.15, -0.1) is 12.4 Å². The van der Waals surface area contributed by atoms with E-state index < -0.39 is 5.92 Å². The number of esters is 1. The number of ether oxygens (including phenoxy) is 1. The van der Waals surface area contributed by atoms with Crippen LogP contribution in [-0.2, 0) is 16.0 Å². The fourth-order valence-corrected chi connectivity index (χ4v) is 2.72. The van der Waals surface area contributed by atoms with Crippen LogP contribution in [-0.4, -0.2) is 25.5 Å². The van der Waals surface area contributed by atoms with Crippen LogP contribution in [0.1, 0.15) is 27.0 Å². The van der Waals surface area contributed by atoms with Gasteiger partial charge in [0.05, 0.1) is 13.0 Å². The minimum atomic E-state index is -0.447. The first-order valence-electron chi connectivity index (χ1n) is 8.18. The molecular formula is C20H25ClN2O3. The van der Waals surface area contributed by atoms with E-state index in [2.05, 4.69) is 5.32 Å². The highest BCUT2D eigenvalue weighted by atomic mass is 35.5. The molecule has 26 heavy (non-hydrogen) atoms. The van der Waals surface area contributed by atoms with Gasteiger partial charge in [-0.3, -0.25) is 9.59 Å². The van der Waals surface area contributed by atoms with E-state index in [9.17, 15) is 9.59 Å². The molecule has 3 N–H and O–H groups in total. The molecule has 0 saturated carbocycles. The van der Waals surface area contributed by atoms with Crippen LogP contribution in [0, 0.1) is 19.8 Å². The molecule has 0 saturated heterocycles. The van der Waals surface area contributed by atoms with Gasteiger partial charge >= 0.3 is 5.97 Å². The highest BCUT2D eigenvalue weighted by Crippen LogP contribution is 2.14. The van der Waals surface area contributed by atoms with E-state index in [4.69, 9.17) is 10.5 Å². The second kappa shape index (κ2) is 9.82. The third kappa shape index (κ3) is 5.77. The summed E-state index contributed by atoms with van der Waals surface area (Å²) in [5.41, 5.74) is 9.79. The SMILES string of the molecule is COC(=O)C(CNC(=O)c1cc(N)ccc1C)Cc1cccc(C)c1.Cl. The summed E-state index contributed by atoms with van der Waals surface area (Å²) in [7, 11) is 1.36. The predicted octanol–water partition coefficient (Wildman–Crippen LogP) is 3.07. The van der Waals surface area contributed by atoms with Crippen molar-refractivity contribution in [3.8, 4) is 0 Å². The zero-order valence-electron chi connectivity index (χ0n) is 15.2. The molecule has 0 fully saturated rings. The molecule has 0 heterocycles. The molecule has 140 valence electrons. The second-order valence-electron chi connectivity index (χ2n) is 6.20. The van der Waals surface area contributed by atoms with E-state index in [1.807, 2.05) is 38.1 Å². The molecule has 2 aromatic carbocycles. The maximum atomic E-state index is 12.4. The number of carbonyl (C=O) groups is 2. The summed E-state index contributed by atoms with van der Waals surface area (Å²) in [6.45, 7) is 4.05. The summed E-state index contributed by atoms with van der Waals surface area (Å²) in [6.07, 6.45) is 0.505. The van der Waals surface area contributed by atoms with Crippen LogP contribution >= 0.6 is 12.4 Å². The molecule has 1 amide bonds. The largest absolute Gasteiger partial charge is 0.469 e. The number of benzene rings is 2. The van der Waals surface area contributed by atoms with Gasteiger partial charge in [0.2, 0.25) is 0 Å². The minimum Gasteiger partial charge on any atom is -0.469 e. The van der Waals surface area contributed by atoms with Crippen LogP contribution in [0.15, 0.2) is 42.5 Å². The Morgan fingerprint density at radius 3 is 2.54 bits per heavy atom. The van der Waals surface area contributed by atoms with Crippen LogP contribution in [0.25, 0.3) is 0 Å². The average Bonchev–Trinajstić information content (AvgIpc) is 2.59. The first-order valence-corrected chi connectivity index (χ1v) is 8.18. The molecule has 1 atom stereocenters. The Labute approximate surface area is 160 Å². The molecule has 1 unspecified atom stereocenters. The Balaban J connectivity index is 0.00000338. The van der Waals surface area contributed by atoms with Gasteiger partial charge in [-0.25, -0.2) is 0 Å². The fourth-order valence-electron chi connectivity index (χ4n) is 2.72. The van der Waals surface area contributed by atoms with E-state index >= 15 is 0 Å². The Bertz CT molecular complexity index is 777. The highest BCUT2D eigenvalue weighted by Gasteiger charge is 2.21. The maximum Gasteiger partial charge on any atom is 0.310 e. The lowest BCUT2D eigenvalue weighted by atomic mass is 9.98. The van der Waals surface area contributed by atoms with Crippen LogP contribution < -0.4 is 11.1 Å². The average molecular weight is 377 g/mol. The van der Waals surface area contributed by atoms with E-state index in [1.54, 1.807) is 18.2 Å². The summed E-state index contributed by atoms with van der Waals surface area (Å²) in [5, 5.41) is 2.82. The fraction of sp³-hybridized carbons (Fsp3) is 0.300. The molecule has 5 nitrogen and oxygen atoms in total. The number of nitrogen functional groups attached to an aromatic ring is 1. The smallest absolute Gasteiger partial charge is 0.310 e. The van der Waals surface area contributed by atoms with Crippen molar-refractivity contribution in [2.45, 2.75) is 20.3 Å². The zero-order valence-corrected chi connectivity index (χ0v) is 16.1. The predicted molar refractivity (Wildman–Crippen MR) is 106 cm³/mol. The summed E-state index contributed by atoms with van der Waals surface area (Å²) in [6, 6.07) is 13.1. The molecule has 2 rings (SSSR count). The number of nitrogens with one attached hydrogen (secondary N) is 1. The summed E-state index contributed by atoms with van der Waals surface area (Å²) < 4.78 is 4.89. The van der Waals surface area contributed by atoms with Gasteiger partial charge in [-0.2, -0.15) is 0 Å². The van der Waals surface area contributed by atoms with E-state index in [0.29, 0.717) is 17.7 Å². The number of rotatable bonds is 6. The number of aryl methyl sites for hydroxylation is 2. The van der Waals surface area contributed by atoms with Crippen molar-refractivity contribution in [2.24, 2.45) is 5.92 Å². The van der Waals surface area contributed by atoms with Crippen molar-refractivity contribution in [3.05, 3.63) is 64.7 Å². The lowest BCUT2D eigenvalue weighted by Crippen LogP contribution is -2.35. The van der Waals surface area contributed by atoms with Crippen molar-refractivity contribution >= 4 is 30.0 Å². The third-order valence-corrected chi connectivity index (χ3v) is 4.11. The number of carbonyl (C=O) groups excluding carboxylic acids is 2. The van der Waals surface area contributed by atoms with Gasteiger partial charge in [0.15, 0.2) is 0 Å². The molecule has 0 aliphatic carbocycles. The topological polar surface area (TPSA) is 81.4 Å². The van der Waals surface area contributed by atoms with E-state index in [-0.39, 0.29) is 30.8 Å². The van der Waals surface area contributed by atoms with Gasteiger partial charge in [0.25, 0.3) is 5.91 Å². The summed E-state index contributed by atoms with van der Waals surface area (Å²) in [5.74, 6) is -1.04. The Kier molecular flexibility index (Phi) is 8.13.